The Bertz CT molecular complexity index is 324. The molecular weight excluding hydrogens is 202 g/mol. The van der Waals surface area contributed by atoms with Crippen molar-refractivity contribution >= 4 is 0 Å². The molecule has 0 saturated carbocycles. The first-order chi connectivity index (χ1) is 7.85. The van der Waals surface area contributed by atoms with Crippen molar-refractivity contribution in [3.8, 4) is 0 Å². The highest BCUT2D eigenvalue weighted by Crippen LogP contribution is 2.27. The molecule has 1 fully saturated rings. The van der Waals surface area contributed by atoms with Crippen LogP contribution in [0.25, 0.3) is 0 Å². The molecule has 0 aromatic carbocycles. The zero-order valence-electron chi connectivity index (χ0n) is 10.1. The predicted octanol–water partition coefficient (Wildman–Crippen LogP) is 1.73. The van der Waals surface area contributed by atoms with Crippen LogP contribution in [0, 0.1) is 0 Å². The molecule has 0 radical (unpaired) electrons. The Labute approximate surface area is 97.0 Å². The van der Waals surface area contributed by atoms with Crippen molar-refractivity contribution in [2.24, 2.45) is 0 Å². The van der Waals surface area contributed by atoms with E-state index in [1.807, 2.05) is 19.6 Å². The Kier molecular flexibility index (Phi) is 3.96. The molecule has 2 heterocycles. The second-order valence-electron chi connectivity index (χ2n) is 4.38. The van der Waals surface area contributed by atoms with E-state index < -0.39 is 0 Å². The van der Waals surface area contributed by atoms with E-state index >= 15 is 0 Å². The Morgan fingerprint density at radius 1 is 1.62 bits per heavy atom. The highest BCUT2D eigenvalue weighted by atomic mass is 16.5. The molecule has 2 rings (SSSR count). The van der Waals surface area contributed by atoms with Gasteiger partial charge < -0.3 is 14.6 Å². The van der Waals surface area contributed by atoms with Crippen LogP contribution >= 0.6 is 0 Å². The third kappa shape index (κ3) is 2.44. The first kappa shape index (κ1) is 11.6. The highest BCUT2D eigenvalue weighted by Gasteiger charge is 2.24. The van der Waals surface area contributed by atoms with Crippen molar-refractivity contribution < 1.29 is 4.74 Å². The van der Waals surface area contributed by atoms with E-state index in [0.717, 1.165) is 32.4 Å². The van der Waals surface area contributed by atoms with Gasteiger partial charge in [0.1, 0.15) is 6.10 Å². The van der Waals surface area contributed by atoms with Gasteiger partial charge in [-0.2, -0.15) is 0 Å². The van der Waals surface area contributed by atoms with Crippen LogP contribution in [-0.4, -0.2) is 29.2 Å². The lowest BCUT2D eigenvalue weighted by molar-refractivity contribution is -0.00298. The molecule has 1 aliphatic heterocycles. The highest BCUT2D eigenvalue weighted by molar-refractivity contribution is 5.05. The molecule has 4 heteroatoms. The van der Waals surface area contributed by atoms with Crippen molar-refractivity contribution in [1.29, 1.82) is 0 Å². The van der Waals surface area contributed by atoms with E-state index in [1.54, 1.807) is 0 Å². The summed E-state index contributed by atoms with van der Waals surface area (Å²) in [7, 11) is 2.02. The molecule has 2 unspecified atom stereocenters. The number of aromatic nitrogens is 2. The Morgan fingerprint density at radius 2 is 2.50 bits per heavy atom. The Morgan fingerprint density at radius 3 is 3.25 bits per heavy atom. The van der Waals surface area contributed by atoms with Gasteiger partial charge in [0.25, 0.3) is 0 Å². The Hall–Kier alpha value is -0.870. The lowest BCUT2D eigenvalue weighted by atomic mass is 10.0. The molecule has 4 nitrogen and oxygen atoms in total. The molecule has 1 aliphatic rings. The van der Waals surface area contributed by atoms with Gasteiger partial charge in [0.05, 0.1) is 18.2 Å². The van der Waals surface area contributed by atoms with Gasteiger partial charge in [-0.15, -0.1) is 0 Å². The molecule has 0 spiro atoms. The van der Waals surface area contributed by atoms with Gasteiger partial charge in [-0.1, -0.05) is 6.92 Å². The van der Waals surface area contributed by atoms with Gasteiger partial charge in [-0.3, -0.25) is 0 Å². The SMILES string of the molecule is CCCn1cncc1C1CC(NC)CCO1. The minimum absolute atomic E-state index is 0.209. The van der Waals surface area contributed by atoms with Crippen LogP contribution in [0.3, 0.4) is 0 Å². The molecule has 0 amide bonds. The summed E-state index contributed by atoms with van der Waals surface area (Å²) < 4.78 is 8.05. The molecule has 90 valence electrons. The summed E-state index contributed by atoms with van der Waals surface area (Å²) in [5, 5.41) is 3.34. The van der Waals surface area contributed by atoms with Crippen LogP contribution in [0.15, 0.2) is 12.5 Å². The molecular formula is C12H21N3O. The number of hydrogen-bond acceptors (Lipinski definition) is 3. The van der Waals surface area contributed by atoms with Gasteiger partial charge in [0, 0.05) is 19.2 Å². The van der Waals surface area contributed by atoms with Gasteiger partial charge in [-0.25, -0.2) is 4.98 Å². The third-order valence-corrected chi connectivity index (χ3v) is 3.23. The minimum Gasteiger partial charge on any atom is -0.372 e. The molecule has 1 aromatic heterocycles. The summed E-state index contributed by atoms with van der Waals surface area (Å²) in [6.45, 7) is 4.05. The summed E-state index contributed by atoms with van der Waals surface area (Å²) in [5.74, 6) is 0. The van der Waals surface area contributed by atoms with Crippen LogP contribution in [0.1, 0.15) is 38.0 Å². The predicted molar refractivity (Wildman–Crippen MR) is 63.3 cm³/mol. The first-order valence-corrected chi connectivity index (χ1v) is 6.14. The summed E-state index contributed by atoms with van der Waals surface area (Å²) in [6, 6.07) is 0.573. The Balaban J connectivity index is 2.07. The number of aryl methyl sites for hydroxylation is 1. The number of nitrogens with zero attached hydrogens (tertiary/aromatic N) is 2. The summed E-state index contributed by atoms with van der Waals surface area (Å²) in [4.78, 5) is 4.23. The lowest BCUT2D eigenvalue weighted by Gasteiger charge is -2.29. The van der Waals surface area contributed by atoms with Crippen molar-refractivity contribution in [3.63, 3.8) is 0 Å². The second kappa shape index (κ2) is 5.46. The number of nitrogens with one attached hydrogen (secondary N) is 1. The van der Waals surface area contributed by atoms with Crippen molar-refractivity contribution in [3.05, 3.63) is 18.2 Å². The third-order valence-electron chi connectivity index (χ3n) is 3.23. The van der Waals surface area contributed by atoms with E-state index in [4.69, 9.17) is 4.74 Å². The fourth-order valence-corrected chi connectivity index (χ4v) is 2.29. The number of rotatable bonds is 4. The van der Waals surface area contributed by atoms with Crippen LogP contribution in [-0.2, 0) is 11.3 Å². The molecule has 0 bridgehead atoms. The monoisotopic (exact) mass is 223 g/mol. The maximum Gasteiger partial charge on any atom is 0.100 e. The summed E-state index contributed by atoms with van der Waals surface area (Å²) in [6.07, 6.45) is 7.34. The molecule has 0 aliphatic carbocycles. The number of hydrogen-bond donors (Lipinski definition) is 1. The van der Waals surface area contributed by atoms with Crippen molar-refractivity contribution in [2.75, 3.05) is 13.7 Å². The average Bonchev–Trinajstić information content (AvgIpc) is 2.78. The van der Waals surface area contributed by atoms with E-state index in [-0.39, 0.29) is 6.10 Å². The normalized spacial score (nSPS) is 25.9. The second-order valence-corrected chi connectivity index (χ2v) is 4.38. The van der Waals surface area contributed by atoms with Gasteiger partial charge >= 0.3 is 0 Å². The average molecular weight is 223 g/mol. The number of imidazole rings is 1. The van der Waals surface area contributed by atoms with Crippen LogP contribution < -0.4 is 5.32 Å². The van der Waals surface area contributed by atoms with Crippen LogP contribution in [0.2, 0.25) is 0 Å². The van der Waals surface area contributed by atoms with E-state index in [2.05, 4.69) is 21.8 Å². The minimum atomic E-state index is 0.209. The van der Waals surface area contributed by atoms with Gasteiger partial charge in [-0.05, 0) is 26.3 Å². The maximum atomic E-state index is 5.84. The first-order valence-electron chi connectivity index (χ1n) is 6.14. The van der Waals surface area contributed by atoms with Gasteiger partial charge in [0.2, 0.25) is 0 Å². The van der Waals surface area contributed by atoms with Crippen LogP contribution in [0.5, 0.6) is 0 Å². The summed E-state index contributed by atoms with van der Waals surface area (Å²) >= 11 is 0. The zero-order chi connectivity index (χ0) is 11.4. The largest absolute Gasteiger partial charge is 0.372 e. The fourth-order valence-electron chi connectivity index (χ4n) is 2.29. The van der Waals surface area contributed by atoms with E-state index in [9.17, 15) is 0 Å². The quantitative estimate of drug-likeness (QED) is 0.845. The van der Waals surface area contributed by atoms with E-state index in [1.165, 1.54) is 5.69 Å². The smallest absolute Gasteiger partial charge is 0.100 e. The number of ether oxygens (including phenoxy) is 1. The molecule has 1 N–H and O–H groups in total. The fraction of sp³-hybridized carbons (Fsp3) is 0.750. The van der Waals surface area contributed by atoms with Crippen molar-refractivity contribution in [2.45, 2.75) is 44.9 Å². The molecule has 16 heavy (non-hydrogen) atoms. The topological polar surface area (TPSA) is 39.1 Å². The molecule has 1 saturated heterocycles. The lowest BCUT2D eigenvalue weighted by Crippen LogP contribution is -2.34. The maximum absolute atomic E-state index is 5.84. The zero-order valence-corrected chi connectivity index (χ0v) is 10.1. The van der Waals surface area contributed by atoms with Crippen molar-refractivity contribution in [1.82, 2.24) is 14.9 Å². The van der Waals surface area contributed by atoms with Crippen LogP contribution in [0.4, 0.5) is 0 Å². The molecule has 2 atom stereocenters. The summed E-state index contributed by atoms with van der Waals surface area (Å²) in [5.41, 5.74) is 1.22. The standard InChI is InChI=1S/C12H21N3O/c1-3-5-15-9-14-8-11(15)12-7-10(13-2)4-6-16-12/h8-10,12-13H,3-7H2,1-2H3. The van der Waals surface area contributed by atoms with E-state index in [0.29, 0.717) is 6.04 Å². The molecule has 1 aromatic rings. The van der Waals surface area contributed by atoms with Gasteiger partial charge in [0.15, 0.2) is 0 Å².